The summed E-state index contributed by atoms with van der Waals surface area (Å²) in [6.45, 7) is 1.88. The van der Waals surface area contributed by atoms with E-state index in [2.05, 4.69) is 16.0 Å². The number of ether oxygens (including phenoxy) is 1. The first-order chi connectivity index (χ1) is 14.6. The number of halogens is 2. The molecule has 0 heterocycles. The van der Waals surface area contributed by atoms with Crippen LogP contribution in [0.5, 0.6) is 0 Å². The number of para-hydroxylation sites is 1. The number of alkyl halides is 2. The van der Waals surface area contributed by atoms with Crippen LogP contribution in [-0.4, -0.2) is 36.1 Å². The number of amides is 3. The van der Waals surface area contributed by atoms with Crippen LogP contribution in [0.4, 0.5) is 25.8 Å². The van der Waals surface area contributed by atoms with Crippen molar-refractivity contribution >= 4 is 52.5 Å². The Morgan fingerprint density at radius 2 is 1.52 bits per heavy atom. The van der Waals surface area contributed by atoms with Crippen LogP contribution in [-0.2, 0) is 19.1 Å². The number of benzene rings is 2. The summed E-state index contributed by atoms with van der Waals surface area (Å²) < 4.78 is 30.2. The fraction of sp³-hybridized carbons (Fsp3) is 0.200. The molecular weight excluding hydrogens is 432 g/mol. The highest BCUT2D eigenvalue weighted by Crippen LogP contribution is 2.31. The van der Waals surface area contributed by atoms with Crippen molar-refractivity contribution < 1.29 is 32.7 Å². The van der Waals surface area contributed by atoms with Crippen molar-refractivity contribution in [2.45, 2.75) is 24.5 Å². The Hall–Kier alpha value is -3.47. The maximum absolute atomic E-state index is 12.6. The average Bonchev–Trinajstić information content (AvgIpc) is 2.66. The zero-order valence-corrected chi connectivity index (χ0v) is 17.3. The lowest BCUT2D eigenvalue weighted by molar-refractivity contribution is -0.119. The monoisotopic (exact) mass is 451 g/mol. The second-order valence-electron chi connectivity index (χ2n) is 6.16. The van der Waals surface area contributed by atoms with Gasteiger partial charge in [-0.2, -0.15) is 8.78 Å². The number of anilines is 3. The molecule has 0 saturated heterocycles. The summed E-state index contributed by atoms with van der Waals surface area (Å²) in [6, 6.07) is 10.1. The van der Waals surface area contributed by atoms with Gasteiger partial charge in [0.15, 0.2) is 6.61 Å². The van der Waals surface area contributed by atoms with Crippen LogP contribution in [0.15, 0.2) is 47.4 Å². The summed E-state index contributed by atoms with van der Waals surface area (Å²) >= 11 is 0.276. The van der Waals surface area contributed by atoms with E-state index in [1.807, 2.05) is 0 Å². The number of hydrogen-bond donors (Lipinski definition) is 3. The van der Waals surface area contributed by atoms with Gasteiger partial charge in [0.25, 0.3) is 11.7 Å². The normalized spacial score (nSPS) is 10.4. The van der Waals surface area contributed by atoms with Crippen molar-refractivity contribution in [3.8, 4) is 0 Å². The molecule has 11 heteroatoms. The van der Waals surface area contributed by atoms with E-state index in [0.29, 0.717) is 0 Å². The number of carbonyl (C=O) groups excluding carboxylic acids is 4. The predicted octanol–water partition coefficient (Wildman–Crippen LogP) is 3.71. The van der Waals surface area contributed by atoms with Gasteiger partial charge in [-0.25, -0.2) is 4.79 Å². The summed E-state index contributed by atoms with van der Waals surface area (Å²) in [4.78, 5) is 47.2. The molecule has 8 nitrogen and oxygen atoms in total. The van der Waals surface area contributed by atoms with Crippen molar-refractivity contribution in [3.63, 3.8) is 0 Å². The third-order valence-electron chi connectivity index (χ3n) is 3.52. The highest BCUT2D eigenvalue weighted by Gasteiger charge is 2.16. The van der Waals surface area contributed by atoms with Crippen molar-refractivity contribution in [1.82, 2.24) is 0 Å². The quantitative estimate of drug-likeness (QED) is 0.417. The maximum atomic E-state index is 12.6. The van der Waals surface area contributed by atoms with E-state index >= 15 is 0 Å². The van der Waals surface area contributed by atoms with Crippen LogP contribution in [0.2, 0.25) is 0 Å². The molecule has 0 spiro atoms. The molecule has 31 heavy (non-hydrogen) atoms. The smallest absolute Gasteiger partial charge is 0.338 e. The molecule has 0 unspecified atom stereocenters. The standard InChI is InChI=1S/C20H19F2N3O5S/c1-11(26)23-14-7-13(8-15(9-14)24-12(2)27)19(29)30-10-18(28)25-16-5-3-4-6-17(16)31-20(21)22/h3-9,20H,10H2,1-2H3,(H,23,26)(H,24,27)(H,25,28). The molecule has 2 rings (SSSR count). The Morgan fingerprint density at radius 1 is 0.935 bits per heavy atom. The van der Waals surface area contributed by atoms with Gasteiger partial charge in [-0.15, -0.1) is 0 Å². The lowest BCUT2D eigenvalue weighted by Gasteiger charge is -2.12. The fourth-order valence-electron chi connectivity index (χ4n) is 2.47. The van der Waals surface area contributed by atoms with E-state index in [4.69, 9.17) is 4.74 Å². The van der Waals surface area contributed by atoms with Gasteiger partial charge in [0.05, 0.1) is 11.3 Å². The van der Waals surface area contributed by atoms with E-state index < -0.39 is 24.2 Å². The lowest BCUT2D eigenvalue weighted by atomic mass is 10.1. The highest BCUT2D eigenvalue weighted by molar-refractivity contribution is 7.99. The molecule has 0 aliphatic rings. The first-order valence-corrected chi connectivity index (χ1v) is 9.73. The van der Waals surface area contributed by atoms with Crippen molar-refractivity contribution in [1.29, 1.82) is 0 Å². The molecule has 0 bridgehead atoms. The summed E-state index contributed by atoms with van der Waals surface area (Å²) in [5.41, 5.74) is 0.632. The van der Waals surface area contributed by atoms with Crippen LogP contribution in [0.25, 0.3) is 0 Å². The number of rotatable bonds is 8. The third kappa shape index (κ3) is 8.05. The second-order valence-corrected chi connectivity index (χ2v) is 7.19. The highest BCUT2D eigenvalue weighted by atomic mass is 32.2. The Kier molecular flexibility index (Phi) is 8.50. The molecule has 0 atom stereocenters. The zero-order chi connectivity index (χ0) is 23.0. The molecule has 0 aliphatic carbocycles. The first kappa shape index (κ1) is 23.8. The molecule has 0 saturated carbocycles. The SMILES string of the molecule is CC(=O)Nc1cc(NC(C)=O)cc(C(=O)OCC(=O)Nc2ccccc2SC(F)F)c1. The molecule has 0 aliphatic heterocycles. The second kappa shape index (κ2) is 11.1. The van der Waals surface area contributed by atoms with E-state index in [9.17, 15) is 28.0 Å². The van der Waals surface area contributed by atoms with Crippen LogP contribution in [0, 0.1) is 0 Å². The van der Waals surface area contributed by atoms with Crippen LogP contribution in [0.1, 0.15) is 24.2 Å². The lowest BCUT2D eigenvalue weighted by Crippen LogP contribution is -2.21. The third-order valence-corrected chi connectivity index (χ3v) is 4.31. The van der Waals surface area contributed by atoms with Gasteiger partial charge in [-0.3, -0.25) is 14.4 Å². The number of thioether (sulfide) groups is 1. The van der Waals surface area contributed by atoms with Gasteiger partial charge in [0.1, 0.15) is 0 Å². The van der Waals surface area contributed by atoms with Gasteiger partial charge < -0.3 is 20.7 Å². The molecule has 2 aromatic rings. The topological polar surface area (TPSA) is 114 Å². The Labute approximate surface area is 180 Å². The minimum atomic E-state index is -2.66. The molecule has 2 aromatic carbocycles. The molecule has 164 valence electrons. The summed E-state index contributed by atoms with van der Waals surface area (Å²) in [6.07, 6.45) is 0. The van der Waals surface area contributed by atoms with Crippen molar-refractivity contribution in [2.75, 3.05) is 22.6 Å². The Morgan fingerprint density at radius 3 is 2.06 bits per heavy atom. The molecule has 0 radical (unpaired) electrons. The van der Waals surface area contributed by atoms with Crippen molar-refractivity contribution in [2.24, 2.45) is 0 Å². The van der Waals surface area contributed by atoms with E-state index in [0.717, 1.165) is 0 Å². The van der Waals surface area contributed by atoms with E-state index in [1.165, 1.54) is 44.2 Å². The minimum absolute atomic E-state index is 0.0172. The molecular formula is C20H19F2N3O5S. The largest absolute Gasteiger partial charge is 0.452 e. The van der Waals surface area contributed by atoms with E-state index in [-0.39, 0.29) is 51.1 Å². The minimum Gasteiger partial charge on any atom is -0.452 e. The zero-order valence-electron chi connectivity index (χ0n) is 16.5. The van der Waals surface area contributed by atoms with Crippen LogP contribution in [0.3, 0.4) is 0 Å². The number of hydrogen-bond acceptors (Lipinski definition) is 6. The van der Waals surface area contributed by atoms with Gasteiger partial charge in [-0.05, 0) is 30.3 Å². The van der Waals surface area contributed by atoms with E-state index in [1.54, 1.807) is 12.1 Å². The first-order valence-electron chi connectivity index (χ1n) is 8.85. The molecule has 0 aromatic heterocycles. The number of esters is 1. The molecule has 0 fully saturated rings. The van der Waals surface area contributed by atoms with Crippen LogP contribution < -0.4 is 16.0 Å². The Balaban J connectivity index is 2.07. The number of nitrogens with one attached hydrogen (secondary N) is 3. The van der Waals surface area contributed by atoms with Crippen LogP contribution >= 0.6 is 11.8 Å². The van der Waals surface area contributed by atoms with Gasteiger partial charge in [0.2, 0.25) is 11.8 Å². The maximum Gasteiger partial charge on any atom is 0.338 e. The predicted molar refractivity (Wildman–Crippen MR) is 112 cm³/mol. The molecule has 3 N–H and O–H groups in total. The average molecular weight is 451 g/mol. The fourth-order valence-corrected chi connectivity index (χ4v) is 3.06. The van der Waals surface area contributed by atoms with Gasteiger partial charge in [-0.1, -0.05) is 23.9 Å². The number of carbonyl (C=O) groups is 4. The summed E-state index contributed by atoms with van der Waals surface area (Å²) in [7, 11) is 0. The molecule has 3 amide bonds. The Bertz CT molecular complexity index is 966. The summed E-state index contributed by atoms with van der Waals surface area (Å²) in [5.74, 6) is -5.05. The summed E-state index contributed by atoms with van der Waals surface area (Å²) in [5, 5.41) is 7.40. The van der Waals surface area contributed by atoms with Gasteiger partial charge in [0, 0.05) is 30.1 Å². The van der Waals surface area contributed by atoms with Crippen molar-refractivity contribution in [3.05, 3.63) is 48.0 Å². The van der Waals surface area contributed by atoms with Gasteiger partial charge >= 0.3 is 5.97 Å².